The van der Waals surface area contributed by atoms with Gasteiger partial charge in [-0.1, -0.05) is 19.3 Å². The minimum absolute atomic E-state index is 0.431. The van der Waals surface area contributed by atoms with Gasteiger partial charge in [-0.2, -0.15) is 12.6 Å². The molecule has 3 heteroatoms. The molecular formula is C9H16O2S. The summed E-state index contributed by atoms with van der Waals surface area (Å²) in [7, 11) is 0. The molecule has 0 aliphatic heterocycles. The van der Waals surface area contributed by atoms with Crippen molar-refractivity contribution in [2.75, 3.05) is 5.75 Å². The third kappa shape index (κ3) is 1.94. The average Bonchev–Trinajstić information content (AvgIpc) is 2.06. The molecule has 0 aromatic heterocycles. The zero-order valence-electron chi connectivity index (χ0n) is 7.25. The SMILES string of the molecule is O=C(O)C1(CCS)CCCCC1. The highest BCUT2D eigenvalue weighted by molar-refractivity contribution is 7.80. The Balaban J connectivity index is 2.63. The van der Waals surface area contributed by atoms with E-state index in [4.69, 9.17) is 5.11 Å². The monoisotopic (exact) mass is 188 g/mol. The largest absolute Gasteiger partial charge is 0.481 e. The lowest BCUT2D eigenvalue weighted by Gasteiger charge is -2.32. The van der Waals surface area contributed by atoms with Crippen molar-refractivity contribution in [1.82, 2.24) is 0 Å². The first kappa shape index (κ1) is 9.90. The summed E-state index contributed by atoms with van der Waals surface area (Å²) in [5, 5.41) is 9.09. The number of carboxylic acids is 1. The van der Waals surface area contributed by atoms with Gasteiger partial charge in [0.1, 0.15) is 0 Å². The minimum Gasteiger partial charge on any atom is -0.481 e. The zero-order valence-corrected chi connectivity index (χ0v) is 8.15. The molecule has 2 nitrogen and oxygen atoms in total. The molecule has 12 heavy (non-hydrogen) atoms. The van der Waals surface area contributed by atoms with Gasteiger partial charge in [0.25, 0.3) is 0 Å². The van der Waals surface area contributed by atoms with Crippen LogP contribution in [0.3, 0.4) is 0 Å². The van der Waals surface area contributed by atoms with E-state index in [0.29, 0.717) is 5.75 Å². The lowest BCUT2D eigenvalue weighted by molar-refractivity contribution is -0.151. The van der Waals surface area contributed by atoms with E-state index < -0.39 is 11.4 Å². The predicted molar refractivity (Wildman–Crippen MR) is 51.6 cm³/mol. The third-order valence-electron chi connectivity index (χ3n) is 2.85. The number of aliphatic carboxylic acids is 1. The fourth-order valence-corrected chi connectivity index (χ4v) is 2.44. The van der Waals surface area contributed by atoms with E-state index in [1.807, 2.05) is 0 Å². The number of thiol groups is 1. The van der Waals surface area contributed by atoms with Gasteiger partial charge in [-0.3, -0.25) is 4.79 Å². The number of rotatable bonds is 3. The van der Waals surface area contributed by atoms with Crippen LogP contribution in [-0.4, -0.2) is 16.8 Å². The summed E-state index contributed by atoms with van der Waals surface area (Å²) in [5.74, 6) is 0.0722. The molecular weight excluding hydrogens is 172 g/mol. The Bertz CT molecular complexity index is 156. The van der Waals surface area contributed by atoms with Crippen LogP contribution in [0, 0.1) is 5.41 Å². The summed E-state index contributed by atoms with van der Waals surface area (Å²) < 4.78 is 0. The van der Waals surface area contributed by atoms with Crippen molar-refractivity contribution in [3.63, 3.8) is 0 Å². The Kier molecular flexibility index (Phi) is 3.44. The second kappa shape index (κ2) is 4.17. The number of hydrogen-bond acceptors (Lipinski definition) is 2. The molecule has 0 radical (unpaired) electrons. The summed E-state index contributed by atoms with van der Waals surface area (Å²) in [4.78, 5) is 11.0. The zero-order chi connectivity index (χ0) is 9.03. The van der Waals surface area contributed by atoms with Gasteiger partial charge < -0.3 is 5.11 Å². The fraction of sp³-hybridized carbons (Fsp3) is 0.889. The molecule has 1 rings (SSSR count). The molecule has 1 aliphatic carbocycles. The van der Waals surface area contributed by atoms with Crippen LogP contribution in [0.5, 0.6) is 0 Å². The van der Waals surface area contributed by atoms with Crippen molar-refractivity contribution >= 4 is 18.6 Å². The predicted octanol–water partition coefficient (Wildman–Crippen LogP) is 2.34. The summed E-state index contributed by atoms with van der Waals surface area (Å²) >= 11 is 4.12. The Morgan fingerprint density at radius 2 is 1.92 bits per heavy atom. The van der Waals surface area contributed by atoms with Gasteiger partial charge in [-0.15, -0.1) is 0 Å². The fourth-order valence-electron chi connectivity index (χ4n) is 2.01. The van der Waals surface area contributed by atoms with E-state index in [1.165, 1.54) is 6.42 Å². The van der Waals surface area contributed by atoms with Gasteiger partial charge in [0.05, 0.1) is 5.41 Å². The maximum atomic E-state index is 11.0. The van der Waals surface area contributed by atoms with E-state index in [0.717, 1.165) is 32.1 Å². The van der Waals surface area contributed by atoms with Crippen LogP contribution >= 0.6 is 12.6 Å². The van der Waals surface area contributed by atoms with Gasteiger partial charge in [0, 0.05) is 0 Å². The van der Waals surface area contributed by atoms with Crippen LogP contribution in [0.4, 0.5) is 0 Å². The summed E-state index contributed by atoms with van der Waals surface area (Å²) in [6, 6.07) is 0. The molecule has 0 saturated heterocycles. The lowest BCUT2D eigenvalue weighted by atomic mass is 9.72. The second-order valence-corrected chi connectivity index (χ2v) is 4.07. The molecule has 0 bridgehead atoms. The van der Waals surface area contributed by atoms with Gasteiger partial charge in [-0.25, -0.2) is 0 Å². The third-order valence-corrected chi connectivity index (χ3v) is 3.08. The van der Waals surface area contributed by atoms with Gasteiger partial charge >= 0.3 is 5.97 Å². The Morgan fingerprint density at radius 3 is 2.33 bits per heavy atom. The Morgan fingerprint density at radius 1 is 1.33 bits per heavy atom. The first-order chi connectivity index (χ1) is 5.71. The quantitative estimate of drug-likeness (QED) is 0.667. The van der Waals surface area contributed by atoms with E-state index in [-0.39, 0.29) is 0 Å². The van der Waals surface area contributed by atoms with Gasteiger partial charge in [0.15, 0.2) is 0 Å². The molecule has 1 fully saturated rings. The second-order valence-electron chi connectivity index (χ2n) is 3.62. The van der Waals surface area contributed by atoms with E-state index in [9.17, 15) is 4.79 Å². The van der Waals surface area contributed by atoms with Crippen LogP contribution in [-0.2, 0) is 4.79 Å². The van der Waals surface area contributed by atoms with Crippen LogP contribution in [0.25, 0.3) is 0 Å². The van der Waals surface area contributed by atoms with Crippen LogP contribution in [0.15, 0.2) is 0 Å². The minimum atomic E-state index is -0.615. The molecule has 0 amide bonds. The van der Waals surface area contributed by atoms with Crippen molar-refractivity contribution in [3.8, 4) is 0 Å². The average molecular weight is 188 g/mol. The Labute approximate surface area is 78.8 Å². The van der Waals surface area contributed by atoms with Crippen molar-refractivity contribution in [2.24, 2.45) is 5.41 Å². The summed E-state index contributed by atoms with van der Waals surface area (Å²) in [5.41, 5.74) is -0.431. The first-order valence-corrected chi connectivity index (χ1v) is 5.19. The van der Waals surface area contributed by atoms with Crippen molar-refractivity contribution in [3.05, 3.63) is 0 Å². The maximum Gasteiger partial charge on any atom is 0.309 e. The van der Waals surface area contributed by atoms with Crippen molar-refractivity contribution < 1.29 is 9.90 Å². The molecule has 1 saturated carbocycles. The maximum absolute atomic E-state index is 11.0. The summed E-state index contributed by atoms with van der Waals surface area (Å²) in [6.45, 7) is 0. The van der Waals surface area contributed by atoms with Gasteiger partial charge in [0.2, 0.25) is 0 Å². The Hall–Kier alpha value is -0.180. The van der Waals surface area contributed by atoms with E-state index in [2.05, 4.69) is 12.6 Å². The molecule has 0 spiro atoms. The van der Waals surface area contributed by atoms with E-state index >= 15 is 0 Å². The first-order valence-electron chi connectivity index (χ1n) is 4.55. The van der Waals surface area contributed by atoms with Crippen molar-refractivity contribution in [2.45, 2.75) is 38.5 Å². The van der Waals surface area contributed by atoms with Crippen molar-refractivity contribution in [1.29, 1.82) is 0 Å². The topological polar surface area (TPSA) is 37.3 Å². The molecule has 70 valence electrons. The van der Waals surface area contributed by atoms with Crippen LogP contribution in [0.1, 0.15) is 38.5 Å². The molecule has 0 atom stereocenters. The van der Waals surface area contributed by atoms with Crippen LogP contribution in [0.2, 0.25) is 0 Å². The number of carbonyl (C=O) groups is 1. The highest BCUT2D eigenvalue weighted by atomic mass is 32.1. The number of carboxylic acid groups (broad SMARTS) is 1. The highest BCUT2D eigenvalue weighted by Crippen LogP contribution is 2.39. The molecule has 0 aromatic rings. The van der Waals surface area contributed by atoms with E-state index in [1.54, 1.807) is 0 Å². The molecule has 1 N–H and O–H groups in total. The standard InChI is InChI=1S/C9H16O2S/c10-8(11)9(6-7-12)4-2-1-3-5-9/h12H,1-7H2,(H,10,11). The van der Waals surface area contributed by atoms with Crippen LogP contribution < -0.4 is 0 Å². The molecule has 0 unspecified atom stereocenters. The highest BCUT2D eigenvalue weighted by Gasteiger charge is 2.38. The smallest absolute Gasteiger partial charge is 0.309 e. The normalized spacial score (nSPS) is 22.1. The van der Waals surface area contributed by atoms with Gasteiger partial charge in [-0.05, 0) is 25.0 Å². The molecule has 1 aliphatic rings. The lowest BCUT2D eigenvalue weighted by Crippen LogP contribution is -2.33. The molecule has 0 aromatic carbocycles. The summed E-state index contributed by atoms with van der Waals surface area (Å²) in [6.07, 6.45) is 5.76. The molecule has 0 heterocycles. The number of hydrogen-bond donors (Lipinski definition) is 2.